The van der Waals surface area contributed by atoms with Crippen molar-refractivity contribution in [2.75, 3.05) is 0 Å². The van der Waals surface area contributed by atoms with Crippen molar-refractivity contribution in [2.45, 2.75) is 11.3 Å². The minimum atomic E-state index is -0.518. The van der Waals surface area contributed by atoms with Crippen LogP contribution in [0.4, 0.5) is 0 Å². The fourth-order valence-corrected chi connectivity index (χ4v) is 2.38. The molecule has 0 saturated heterocycles. The van der Waals surface area contributed by atoms with Gasteiger partial charge >= 0.3 is 0 Å². The number of carbonyl (C=O) groups is 1. The highest BCUT2D eigenvalue weighted by molar-refractivity contribution is 6.23. The molecule has 0 aliphatic heterocycles. The highest BCUT2D eigenvalue weighted by Crippen LogP contribution is 2.35. The monoisotopic (exact) mass is 259 g/mol. The molecule has 2 atom stereocenters. The third-order valence-electron chi connectivity index (χ3n) is 2.88. The Morgan fingerprint density at radius 3 is 1.78 bits per heavy atom. The minimum absolute atomic E-state index is 0.412. The van der Waals surface area contributed by atoms with Gasteiger partial charge in [-0.05, 0) is 11.1 Å². The number of rotatable bonds is 4. The minimum Gasteiger partial charge on any atom is -0.369 e. The second kappa shape index (κ2) is 5.69. The molecule has 0 spiro atoms. The van der Waals surface area contributed by atoms with E-state index in [0.29, 0.717) is 0 Å². The largest absolute Gasteiger partial charge is 0.369 e. The number of benzene rings is 2. The molecule has 0 saturated carbocycles. The van der Waals surface area contributed by atoms with Gasteiger partial charge < -0.3 is 5.73 Å². The van der Waals surface area contributed by atoms with Gasteiger partial charge in [0.1, 0.15) is 0 Å². The van der Waals surface area contributed by atoms with Crippen molar-refractivity contribution in [1.82, 2.24) is 0 Å². The predicted octanol–water partition coefficient (Wildman–Crippen LogP) is 3.24. The van der Waals surface area contributed by atoms with Gasteiger partial charge in [0.15, 0.2) is 0 Å². The SMILES string of the molecule is NC(=O)[C@@H](c1ccccc1)[C@@H](Cl)c1ccccc1. The summed E-state index contributed by atoms with van der Waals surface area (Å²) in [5.74, 6) is -0.930. The number of hydrogen-bond donors (Lipinski definition) is 1. The fourth-order valence-electron chi connectivity index (χ4n) is 1.97. The van der Waals surface area contributed by atoms with Crippen molar-refractivity contribution in [3.63, 3.8) is 0 Å². The molecule has 3 heteroatoms. The van der Waals surface area contributed by atoms with E-state index in [1.807, 2.05) is 60.7 Å². The lowest BCUT2D eigenvalue weighted by Crippen LogP contribution is -2.24. The van der Waals surface area contributed by atoms with Gasteiger partial charge in [-0.3, -0.25) is 4.79 Å². The fraction of sp³-hybridized carbons (Fsp3) is 0.133. The van der Waals surface area contributed by atoms with E-state index in [4.69, 9.17) is 17.3 Å². The van der Waals surface area contributed by atoms with Crippen molar-refractivity contribution in [2.24, 2.45) is 5.73 Å². The molecule has 0 bridgehead atoms. The van der Waals surface area contributed by atoms with E-state index in [9.17, 15) is 4.79 Å². The van der Waals surface area contributed by atoms with Gasteiger partial charge in [-0.2, -0.15) is 0 Å². The van der Waals surface area contributed by atoms with Gasteiger partial charge in [0.05, 0.1) is 11.3 Å². The van der Waals surface area contributed by atoms with Crippen molar-refractivity contribution >= 4 is 17.5 Å². The molecule has 1 amide bonds. The smallest absolute Gasteiger partial charge is 0.226 e. The highest BCUT2D eigenvalue weighted by Gasteiger charge is 2.27. The number of nitrogens with two attached hydrogens (primary N) is 1. The van der Waals surface area contributed by atoms with E-state index >= 15 is 0 Å². The van der Waals surface area contributed by atoms with Crippen LogP contribution in [0.5, 0.6) is 0 Å². The van der Waals surface area contributed by atoms with Crippen molar-refractivity contribution in [3.8, 4) is 0 Å². The first-order valence-corrected chi connectivity index (χ1v) is 6.17. The van der Waals surface area contributed by atoms with Crippen LogP contribution in [-0.4, -0.2) is 5.91 Å². The summed E-state index contributed by atoms with van der Waals surface area (Å²) < 4.78 is 0. The molecule has 2 N–H and O–H groups in total. The van der Waals surface area contributed by atoms with Gasteiger partial charge in [-0.1, -0.05) is 60.7 Å². The maximum Gasteiger partial charge on any atom is 0.226 e. The maximum atomic E-state index is 11.7. The first kappa shape index (κ1) is 12.7. The second-order valence-corrected chi connectivity index (χ2v) is 4.57. The number of primary amides is 1. The molecule has 2 rings (SSSR count). The summed E-state index contributed by atoms with van der Waals surface area (Å²) in [6.07, 6.45) is 0. The van der Waals surface area contributed by atoms with Crippen LogP contribution < -0.4 is 5.73 Å². The molecule has 92 valence electrons. The molecule has 0 aliphatic rings. The topological polar surface area (TPSA) is 43.1 Å². The molecule has 0 aromatic heterocycles. The molecule has 0 heterocycles. The summed E-state index contributed by atoms with van der Waals surface area (Å²) in [5, 5.41) is -0.453. The van der Waals surface area contributed by atoms with Crippen LogP contribution in [0, 0.1) is 0 Å². The molecule has 0 unspecified atom stereocenters. The number of amides is 1. The van der Waals surface area contributed by atoms with E-state index in [1.54, 1.807) is 0 Å². The Labute approximate surface area is 111 Å². The van der Waals surface area contributed by atoms with Crippen molar-refractivity contribution < 1.29 is 4.79 Å². The lowest BCUT2D eigenvalue weighted by molar-refractivity contribution is -0.119. The van der Waals surface area contributed by atoms with Crippen LogP contribution in [0.15, 0.2) is 60.7 Å². The summed E-state index contributed by atoms with van der Waals surface area (Å²) in [6.45, 7) is 0. The van der Waals surface area contributed by atoms with Crippen LogP contribution in [0.1, 0.15) is 22.4 Å². The Morgan fingerprint density at radius 1 is 0.889 bits per heavy atom. The second-order valence-electron chi connectivity index (χ2n) is 4.10. The van der Waals surface area contributed by atoms with E-state index in [1.165, 1.54) is 0 Å². The van der Waals surface area contributed by atoms with Gasteiger partial charge in [-0.15, -0.1) is 11.6 Å². The average molecular weight is 260 g/mol. The van der Waals surface area contributed by atoms with Crippen LogP contribution >= 0.6 is 11.6 Å². The number of alkyl halides is 1. The van der Waals surface area contributed by atoms with Gasteiger partial charge in [0.2, 0.25) is 5.91 Å². The Morgan fingerprint density at radius 2 is 1.33 bits per heavy atom. The maximum absolute atomic E-state index is 11.7. The molecule has 2 nitrogen and oxygen atoms in total. The molecule has 0 fully saturated rings. The van der Waals surface area contributed by atoms with E-state index in [-0.39, 0.29) is 0 Å². The zero-order chi connectivity index (χ0) is 13.0. The number of carbonyl (C=O) groups excluding carboxylic acids is 1. The summed E-state index contributed by atoms with van der Waals surface area (Å²) in [4.78, 5) is 11.7. The lowest BCUT2D eigenvalue weighted by atomic mass is 9.91. The summed E-state index contributed by atoms with van der Waals surface area (Å²) >= 11 is 6.40. The zero-order valence-corrected chi connectivity index (χ0v) is 10.5. The van der Waals surface area contributed by atoms with E-state index in [0.717, 1.165) is 11.1 Å². The molecule has 2 aromatic carbocycles. The molecular formula is C15H14ClNO. The number of hydrogen-bond acceptors (Lipinski definition) is 1. The predicted molar refractivity (Wildman–Crippen MR) is 73.4 cm³/mol. The van der Waals surface area contributed by atoms with Crippen molar-refractivity contribution in [1.29, 1.82) is 0 Å². The lowest BCUT2D eigenvalue weighted by Gasteiger charge is -2.20. The molecule has 0 aliphatic carbocycles. The molecule has 18 heavy (non-hydrogen) atoms. The van der Waals surface area contributed by atoms with E-state index in [2.05, 4.69) is 0 Å². The van der Waals surface area contributed by atoms with Crippen LogP contribution in [-0.2, 0) is 4.79 Å². The Hall–Kier alpha value is -1.80. The first-order chi connectivity index (χ1) is 8.70. The summed E-state index contributed by atoms with van der Waals surface area (Å²) in [5.41, 5.74) is 7.22. The Kier molecular flexibility index (Phi) is 4.00. The van der Waals surface area contributed by atoms with E-state index < -0.39 is 17.2 Å². The highest BCUT2D eigenvalue weighted by atomic mass is 35.5. The van der Waals surface area contributed by atoms with Gasteiger partial charge in [-0.25, -0.2) is 0 Å². The molecular weight excluding hydrogens is 246 g/mol. The Balaban J connectivity index is 2.35. The average Bonchev–Trinajstić information content (AvgIpc) is 2.40. The molecule has 0 radical (unpaired) electrons. The summed E-state index contributed by atoms with van der Waals surface area (Å²) in [7, 11) is 0. The normalized spacial score (nSPS) is 13.8. The summed E-state index contributed by atoms with van der Waals surface area (Å²) in [6, 6.07) is 18.9. The first-order valence-electron chi connectivity index (χ1n) is 5.73. The third kappa shape index (κ3) is 2.71. The zero-order valence-electron chi connectivity index (χ0n) is 9.79. The molecule has 2 aromatic rings. The number of halogens is 1. The Bertz CT molecular complexity index is 513. The van der Waals surface area contributed by atoms with Gasteiger partial charge in [0.25, 0.3) is 0 Å². The van der Waals surface area contributed by atoms with Crippen LogP contribution in [0.25, 0.3) is 0 Å². The quantitative estimate of drug-likeness (QED) is 0.842. The van der Waals surface area contributed by atoms with Crippen LogP contribution in [0.2, 0.25) is 0 Å². The van der Waals surface area contributed by atoms with Crippen LogP contribution in [0.3, 0.4) is 0 Å². The standard InChI is InChI=1S/C15H14ClNO/c16-14(12-9-5-2-6-10-12)13(15(17)18)11-7-3-1-4-8-11/h1-10,13-14H,(H2,17,18)/t13-,14-/m0/s1. The van der Waals surface area contributed by atoms with Gasteiger partial charge in [0, 0.05) is 0 Å². The third-order valence-corrected chi connectivity index (χ3v) is 3.38. The van der Waals surface area contributed by atoms with Crippen molar-refractivity contribution in [3.05, 3.63) is 71.8 Å².